The standard InChI is InChI=1S/C9H12N2O2/c1-5-7(6-3-4-6)10-9(13)11(2)8(5)12/h6H,3-4H2,1-2H3,(H,10,13). The van der Waals surface area contributed by atoms with Gasteiger partial charge in [0.15, 0.2) is 0 Å². The molecule has 0 aliphatic heterocycles. The highest BCUT2D eigenvalue weighted by Crippen LogP contribution is 2.39. The zero-order chi connectivity index (χ0) is 9.59. The molecule has 1 N–H and O–H groups in total. The molecule has 1 aliphatic carbocycles. The maximum Gasteiger partial charge on any atom is 0.328 e. The summed E-state index contributed by atoms with van der Waals surface area (Å²) in [4.78, 5) is 25.5. The quantitative estimate of drug-likeness (QED) is 0.674. The van der Waals surface area contributed by atoms with E-state index in [0.717, 1.165) is 23.1 Å². The normalized spacial score (nSPS) is 16.2. The van der Waals surface area contributed by atoms with E-state index in [0.29, 0.717) is 11.5 Å². The summed E-state index contributed by atoms with van der Waals surface area (Å²) in [6, 6.07) is 0. The molecule has 0 spiro atoms. The zero-order valence-electron chi connectivity index (χ0n) is 7.76. The first kappa shape index (κ1) is 8.29. The van der Waals surface area contributed by atoms with Gasteiger partial charge in [-0.15, -0.1) is 0 Å². The lowest BCUT2D eigenvalue weighted by molar-refractivity contribution is 0.740. The third-order valence-corrected chi connectivity index (χ3v) is 2.56. The topological polar surface area (TPSA) is 54.9 Å². The van der Waals surface area contributed by atoms with Crippen LogP contribution in [0.2, 0.25) is 0 Å². The average molecular weight is 180 g/mol. The minimum atomic E-state index is -0.308. The molecule has 0 amide bonds. The van der Waals surface area contributed by atoms with Gasteiger partial charge in [-0.3, -0.25) is 9.36 Å². The van der Waals surface area contributed by atoms with Gasteiger partial charge in [0, 0.05) is 18.3 Å². The summed E-state index contributed by atoms with van der Waals surface area (Å²) in [5, 5.41) is 0. The molecule has 0 saturated heterocycles. The van der Waals surface area contributed by atoms with Crippen LogP contribution in [-0.4, -0.2) is 9.55 Å². The average Bonchev–Trinajstić information content (AvgIpc) is 2.91. The second-order valence-electron chi connectivity index (χ2n) is 3.61. The molecule has 1 aromatic rings. The number of H-pyrrole nitrogens is 1. The Morgan fingerprint density at radius 1 is 1.38 bits per heavy atom. The van der Waals surface area contributed by atoms with Crippen molar-refractivity contribution in [1.29, 1.82) is 0 Å². The Hall–Kier alpha value is -1.32. The summed E-state index contributed by atoms with van der Waals surface area (Å²) < 4.78 is 1.11. The Kier molecular flexibility index (Phi) is 1.65. The molecule has 1 fully saturated rings. The van der Waals surface area contributed by atoms with E-state index in [1.165, 1.54) is 7.05 Å². The van der Waals surface area contributed by atoms with Gasteiger partial charge in [-0.05, 0) is 25.7 Å². The second-order valence-corrected chi connectivity index (χ2v) is 3.61. The van der Waals surface area contributed by atoms with Gasteiger partial charge in [0.1, 0.15) is 0 Å². The van der Waals surface area contributed by atoms with Crippen molar-refractivity contribution in [2.24, 2.45) is 7.05 Å². The molecule has 0 atom stereocenters. The van der Waals surface area contributed by atoms with E-state index in [-0.39, 0.29) is 11.2 Å². The van der Waals surface area contributed by atoms with Crippen LogP contribution < -0.4 is 11.2 Å². The molecule has 0 unspecified atom stereocenters. The second kappa shape index (κ2) is 2.58. The lowest BCUT2D eigenvalue weighted by Gasteiger charge is -2.04. The molecule has 4 nitrogen and oxygen atoms in total. The number of nitrogens with one attached hydrogen (secondary N) is 1. The van der Waals surface area contributed by atoms with E-state index >= 15 is 0 Å². The van der Waals surface area contributed by atoms with Crippen molar-refractivity contribution < 1.29 is 0 Å². The van der Waals surface area contributed by atoms with Crippen molar-refractivity contribution in [3.63, 3.8) is 0 Å². The van der Waals surface area contributed by atoms with Crippen LogP contribution in [-0.2, 0) is 7.05 Å². The van der Waals surface area contributed by atoms with Crippen molar-refractivity contribution in [2.45, 2.75) is 25.7 Å². The fourth-order valence-electron chi connectivity index (χ4n) is 1.53. The summed E-state index contributed by atoms with van der Waals surface area (Å²) in [5.74, 6) is 0.418. The van der Waals surface area contributed by atoms with Crippen LogP contribution in [0.3, 0.4) is 0 Å². The highest BCUT2D eigenvalue weighted by Gasteiger charge is 2.27. The van der Waals surface area contributed by atoms with Gasteiger partial charge in [0.05, 0.1) is 0 Å². The molecular formula is C9H12N2O2. The molecule has 70 valence electrons. The lowest BCUT2D eigenvalue weighted by atomic mass is 10.2. The Bertz CT molecular complexity index is 452. The molecule has 1 aliphatic rings. The van der Waals surface area contributed by atoms with Crippen molar-refractivity contribution >= 4 is 0 Å². The van der Waals surface area contributed by atoms with E-state index < -0.39 is 0 Å². The van der Waals surface area contributed by atoms with Crippen LogP contribution >= 0.6 is 0 Å². The Labute approximate surface area is 75.2 Å². The first-order valence-electron chi connectivity index (χ1n) is 4.41. The monoisotopic (exact) mass is 180 g/mol. The maximum absolute atomic E-state index is 11.5. The van der Waals surface area contributed by atoms with E-state index in [9.17, 15) is 9.59 Å². The number of hydrogen-bond acceptors (Lipinski definition) is 2. The third kappa shape index (κ3) is 1.22. The number of nitrogens with zero attached hydrogens (tertiary/aromatic N) is 1. The molecular weight excluding hydrogens is 168 g/mol. The minimum absolute atomic E-state index is 0.175. The predicted molar refractivity (Wildman–Crippen MR) is 49.0 cm³/mol. The van der Waals surface area contributed by atoms with Crippen LogP contribution in [0.1, 0.15) is 30.0 Å². The largest absolute Gasteiger partial charge is 0.328 e. The highest BCUT2D eigenvalue weighted by atomic mass is 16.2. The first-order valence-corrected chi connectivity index (χ1v) is 4.41. The van der Waals surface area contributed by atoms with Gasteiger partial charge >= 0.3 is 5.69 Å². The zero-order valence-corrected chi connectivity index (χ0v) is 7.76. The molecule has 1 saturated carbocycles. The van der Waals surface area contributed by atoms with Gasteiger partial charge < -0.3 is 4.98 Å². The number of hydrogen-bond donors (Lipinski definition) is 1. The van der Waals surface area contributed by atoms with Crippen molar-refractivity contribution in [3.05, 3.63) is 32.1 Å². The fourth-order valence-corrected chi connectivity index (χ4v) is 1.53. The maximum atomic E-state index is 11.5. The van der Waals surface area contributed by atoms with Gasteiger partial charge in [0.25, 0.3) is 5.56 Å². The van der Waals surface area contributed by atoms with E-state index in [1.54, 1.807) is 6.92 Å². The summed E-state index contributed by atoms with van der Waals surface area (Å²) in [6.07, 6.45) is 2.17. The SMILES string of the molecule is Cc1c(C2CC2)[nH]c(=O)n(C)c1=O. The lowest BCUT2D eigenvalue weighted by Crippen LogP contribution is -2.35. The summed E-state index contributed by atoms with van der Waals surface area (Å²) >= 11 is 0. The van der Waals surface area contributed by atoms with Crippen molar-refractivity contribution in [3.8, 4) is 0 Å². The first-order chi connectivity index (χ1) is 6.11. The highest BCUT2D eigenvalue weighted by molar-refractivity contribution is 5.22. The van der Waals surface area contributed by atoms with Crippen molar-refractivity contribution in [1.82, 2.24) is 9.55 Å². The molecule has 13 heavy (non-hydrogen) atoms. The Morgan fingerprint density at radius 3 is 2.54 bits per heavy atom. The molecule has 2 rings (SSSR count). The van der Waals surface area contributed by atoms with Crippen LogP contribution in [0, 0.1) is 6.92 Å². The molecule has 0 radical (unpaired) electrons. The van der Waals surface area contributed by atoms with E-state index in [4.69, 9.17) is 0 Å². The van der Waals surface area contributed by atoms with Gasteiger partial charge in [-0.1, -0.05) is 0 Å². The van der Waals surface area contributed by atoms with Crippen molar-refractivity contribution in [2.75, 3.05) is 0 Å². The summed E-state index contributed by atoms with van der Waals surface area (Å²) in [5.41, 5.74) is 1.04. The van der Waals surface area contributed by atoms with Gasteiger partial charge in [-0.25, -0.2) is 4.79 Å². The predicted octanol–water partition coefficient (Wildman–Crippen LogP) is 0.259. The molecule has 0 aromatic carbocycles. The molecule has 0 bridgehead atoms. The molecule has 1 aromatic heterocycles. The molecule has 1 heterocycles. The van der Waals surface area contributed by atoms with E-state index in [2.05, 4.69) is 4.98 Å². The third-order valence-electron chi connectivity index (χ3n) is 2.56. The fraction of sp³-hybridized carbons (Fsp3) is 0.556. The van der Waals surface area contributed by atoms with Gasteiger partial charge in [-0.2, -0.15) is 0 Å². The minimum Gasteiger partial charge on any atom is -0.311 e. The van der Waals surface area contributed by atoms with Gasteiger partial charge in [0.2, 0.25) is 0 Å². The number of aromatic nitrogens is 2. The van der Waals surface area contributed by atoms with Crippen LogP contribution in [0.5, 0.6) is 0 Å². The smallest absolute Gasteiger partial charge is 0.311 e. The summed E-state index contributed by atoms with van der Waals surface area (Å²) in [6.45, 7) is 1.77. The summed E-state index contributed by atoms with van der Waals surface area (Å²) in [7, 11) is 1.49. The van der Waals surface area contributed by atoms with E-state index in [1.807, 2.05) is 0 Å². The number of aromatic amines is 1. The Balaban J connectivity index is 2.72. The number of rotatable bonds is 1. The van der Waals surface area contributed by atoms with Crippen LogP contribution in [0.4, 0.5) is 0 Å². The van der Waals surface area contributed by atoms with Crippen LogP contribution in [0.25, 0.3) is 0 Å². The molecule has 4 heteroatoms. The Morgan fingerprint density at radius 2 is 2.00 bits per heavy atom. The van der Waals surface area contributed by atoms with Crippen LogP contribution in [0.15, 0.2) is 9.59 Å².